The second kappa shape index (κ2) is 7.05. The van der Waals surface area contributed by atoms with Crippen LogP contribution in [0.5, 0.6) is 0 Å². The van der Waals surface area contributed by atoms with Gasteiger partial charge in [0.2, 0.25) is 0 Å². The molecule has 1 aromatic rings. The molecule has 0 aliphatic carbocycles. The summed E-state index contributed by atoms with van der Waals surface area (Å²) in [7, 11) is 0. The highest BCUT2D eigenvalue weighted by molar-refractivity contribution is 9.10. The van der Waals surface area contributed by atoms with Crippen LogP contribution in [0.1, 0.15) is 25.8 Å². The summed E-state index contributed by atoms with van der Waals surface area (Å²) in [6.07, 6.45) is 1.83. The minimum atomic E-state index is 0.249. The molecule has 2 N–H and O–H groups in total. The zero-order chi connectivity index (χ0) is 12.0. The van der Waals surface area contributed by atoms with E-state index in [1.807, 2.05) is 0 Å². The first-order valence-electron chi connectivity index (χ1n) is 5.73. The van der Waals surface area contributed by atoms with Gasteiger partial charge in [0.15, 0.2) is 0 Å². The van der Waals surface area contributed by atoms with Crippen LogP contribution >= 0.6 is 15.9 Å². The summed E-state index contributed by atoms with van der Waals surface area (Å²) in [6.45, 7) is 4.53. The Balaban J connectivity index is 2.39. The van der Waals surface area contributed by atoms with Gasteiger partial charge in [0.1, 0.15) is 0 Å². The fourth-order valence-corrected chi connectivity index (χ4v) is 2.06. The molecule has 3 heteroatoms. The van der Waals surface area contributed by atoms with Crippen molar-refractivity contribution in [2.45, 2.75) is 38.8 Å². The molecule has 0 fully saturated rings. The summed E-state index contributed by atoms with van der Waals surface area (Å²) in [5, 5.41) is 12.3. The van der Waals surface area contributed by atoms with Crippen molar-refractivity contribution in [3.63, 3.8) is 0 Å². The van der Waals surface area contributed by atoms with Gasteiger partial charge in [-0.1, -0.05) is 28.1 Å². The van der Waals surface area contributed by atoms with Crippen molar-refractivity contribution >= 4 is 15.9 Å². The quantitative estimate of drug-likeness (QED) is 0.842. The van der Waals surface area contributed by atoms with Crippen LogP contribution in [-0.2, 0) is 6.42 Å². The summed E-state index contributed by atoms with van der Waals surface area (Å²) >= 11 is 3.43. The maximum absolute atomic E-state index is 8.82. The number of aliphatic hydroxyl groups excluding tert-OH is 1. The molecule has 0 saturated heterocycles. The Labute approximate surface area is 106 Å². The van der Waals surface area contributed by atoms with Crippen LogP contribution in [0.25, 0.3) is 0 Å². The van der Waals surface area contributed by atoms with Gasteiger partial charge >= 0.3 is 0 Å². The molecule has 2 atom stereocenters. The Morgan fingerprint density at radius 1 is 1.19 bits per heavy atom. The normalized spacial score (nSPS) is 14.8. The third kappa shape index (κ3) is 5.10. The molecule has 1 aromatic carbocycles. The Morgan fingerprint density at radius 3 is 2.38 bits per heavy atom. The summed E-state index contributed by atoms with van der Waals surface area (Å²) in [5.74, 6) is 0. The molecule has 0 bridgehead atoms. The molecule has 0 aliphatic heterocycles. The van der Waals surface area contributed by atoms with Gasteiger partial charge in [-0.3, -0.25) is 0 Å². The smallest absolute Gasteiger partial charge is 0.0445 e. The highest BCUT2D eigenvalue weighted by atomic mass is 79.9. The zero-order valence-electron chi connectivity index (χ0n) is 9.91. The average molecular weight is 286 g/mol. The highest BCUT2D eigenvalue weighted by Gasteiger charge is 2.07. The van der Waals surface area contributed by atoms with E-state index in [4.69, 9.17) is 5.11 Å². The second-order valence-electron chi connectivity index (χ2n) is 4.31. The molecule has 2 nitrogen and oxygen atoms in total. The van der Waals surface area contributed by atoms with E-state index in [0.717, 1.165) is 17.3 Å². The Bertz CT molecular complexity index is 299. The first-order chi connectivity index (χ1) is 7.61. The lowest BCUT2D eigenvalue weighted by atomic mass is 10.1. The third-order valence-electron chi connectivity index (χ3n) is 2.59. The van der Waals surface area contributed by atoms with E-state index in [0.29, 0.717) is 12.1 Å². The maximum atomic E-state index is 8.82. The van der Waals surface area contributed by atoms with Gasteiger partial charge < -0.3 is 10.4 Å². The van der Waals surface area contributed by atoms with Crippen molar-refractivity contribution in [2.24, 2.45) is 0 Å². The molecule has 0 aliphatic rings. The minimum absolute atomic E-state index is 0.249. The predicted molar refractivity (Wildman–Crippen MR) is 71.6 cm³/mol. The Kier molecular flexibility index (Phi) is 6.03. The highest BCUT2D eigenvalue weighted by Crippen LogP contribution is 2.12. The van der Waals surface area contributed by atoms with Crippen molar-refractivity contribution in [3.8, 4) is 0 Å². The van der Waals surface area contributed by atoms with E-state index in [1.54, 1.807) is 0 Å². The maximum Gasteiger partial charge on any atom is 0.0445 e. The molecule has 0 saturated carbocycles. The second-order valence-corrected chi connectivity index (χ2v) is 5.23. The predicted octanol–water partition coefficient (Wildman–Crippen LogP) is 2.74. The van der Waals surface area contributed by atoms with Crippen molar-refractivity contribution in [1.82, 2.24) is 5.32 Å². The summed E-state index contributed by atoms with van der Waals surface area (Å²) < 4.78 is 1.12. The molecule has 1 rings (SSSR count). The van der Waals surface area contributed by atoms with Gasteiger partial charge in [0.25, 0.3) is 0 Å². The molecule has 0 aromatic heterocycles. The molecule has 90 valence electrons. The number of hydrogen-bond acceptors (Lipinski definition) is 2. The molecule has 0 spiro atoms. The lowest BCUT2D eigenvalue weighted by Gasteiger charge is -2.19. The van der Waals surface area contributed by atoms with Crippen LogP contribution < -0.4 is 5.32 Å². The standard InChI is InChI=1S/C13H20BrNO/c1-10(7-8-16)15-11(2)9-12-3-5-13(14)6-4-12/h3-6,10-11,15-16H,7-9H2,1-2H3. The monoisotopic (exact) mass is 285 g/mol. The van der Waals surface area contributed by atoms with Gasteiger partial charge in [-0.15, -0.1) is 0 Å². The molecule has 0 radical (unpaired) electrons. The topological polar surface area (TPSA) is 32.3 Å². The number of hydrogen-bond donors (Lipinski definition) is 2. The first-order valence-corrected chi connectivity index (χ1v) is 6.52. The zero-order valence-corrected chi connectivity index (χ0v) is 11.5. The summed E-state index contributed by atoms with van der Waals surface area (Å²) in [4.78, 5) is 0. The third-order valence-corrected chi connectivity index (χ3v) is 3.11. The van der Waals surface area contributed by atoms with Gasteiger partial charge in [0, 0.05) is 23.2 Å². The molecule has 0 amide bonds. The van der Waals surface area contributed by atoms with E-state index in [1.165, 1.54) is 5.56 Å². The van der Waals surface area contributed by atoms with Crippen LogP contribution in [0, 0.1) is 0 Å². The molecular weight excluding hydrogens is 266 g/mol. The Morgan fingerprint density at radius 2 is 1.81 bits per heavy atom. The van der Waals surface area contributed by atoms with Crippen molar-refractivity contribution < 1.29 is 5.11 Å². The average Bonchev–Trinajstić information content (AvgIpc) is 2.21. The fraction of sp³-hybridized carbons (Fsp3) is 0.538. The van der Waals surface area contributed by atoms with Crippen molar-refractivity contribution in [1.29, 1.82) is 0 Å². The van der Waals surface area contributed by atoms with E-state index in [2.05, 4.69) is 59.4 Å². The lowest BCUT2D eigenvalue weighted by molar-refractivity contribution is 0.264. The fourth-order valence-electron chi connectivity index (χ4n) is 1.80. The van der Waals surface area contributed by atoms with Gasteiger partial charge in [-0.05, 0) is 44.4 Å². The molecular formula is C13H20BrNO. The SMILES string of the molecule is CC(CCO)NC(C)Cc1ccc(Br)cc1. The van der Waals surface area contributed by atoms with Crippen LogP contribution in [0.3, 0.4) is 0 Å². The largest absolute Gasteiger partial charge is 0.396 e. The van der Waals surface area contributed by atoms with Crippen molar-refractivity contribution in [2.75, 3.05) is 6.61 Å². The summed E-state index contributed by atoms with van der Waals surface area (Å²) in [5.41, 5.74) is 1.33. The van der Waals surface area contributed by atoms with Crippen LogP contribution in [0.4, 0.5) is 0 Å². The number of aliphatic hydroxyl groups is 1. The minimum Gasteiger partial charge on any atom is -0.396 e. The van der Waals surface area contributed by atoms with E-state index >= 15 is 0 Å². The van der Waals surface area contributed by atoms with Crippen LogP contribution in [0.15, 0.2) is 28.7 Å². The number of nitrogens with one attached hydrogen (secondary N) is 1. The molecule has 0 heterocycles. The van der Waals surface area contributed by atoms with Gasteiger partial charge in [0.05, 0.1) is 0 Å². The molecule has 2 unspecified atom stereocenters. The van der Waals surface area contributed by atoms with Crippen LogP contribution in [0.2, 0.25) is 0 Å². The number of benzene rings is 1. The van der Waals surface area contributed by atoms with E-state index in [9.17, 15) is 0 Å². The van der Waals surface area contributed by atoms with Crippen LogP contribution in [-0.4, -0.2) is 23.8 Å². The van der Waals surface area contributed by atoms with Gasteiger partial charge in [-0.25, -0.2) is 0 Å². The van der Waals surface area contributed by atoms with Crippen molar-refractivity contribution in [3.05, 3.63) is 34.3 Å². The molecule has 16 heavy (non-hydrogen) atoms. The van der Waals surface area contributed by atoms with E-state index in [-0.39, 0.29) is 6.61 Å². The van der Waals surface area contributed by atoms with Gasteiger partial charge in [-0.2, -0.15) is 0 Å². The number of rotatable bonds is 6. The van der Waals surface area contributed by atoms with E-state index < -0.39 is 0 Å². The number of halogens is 1. The summed E-state index contributed by atoms with van der Waals surface area (Å²) in [6, 6.07) is 9.22. The first kappa shape index (κ1) is 13.7. The Hall–Kier alpha value is -0.380. The lowest BCUT2D eigenvalue weighted by Crippen LogP contribution is -2.36.